The van der Waals surface area contributed by atoms with Gasteiger partial charge in [0, 0.05) is 11.1 Å². The molecule has 0 fully saturated rings. The van der Waals surface area contributed by atoms with Crippen LogP contribution >= 0.6 is 11.6 Å². The lowest BCUT2D eigenvalue weighted by atomic mass is 10.3. The molecule has 0 radical (unpaired) electrons. The van der Waals surface area contributed by atoms with E-state index in [1.807, 2.05) is 0 Å². The van der Waals surface area contributed by atoms with Crippen LogP contribution in [0.1, 0.15) is 0 Å². The minimum absolute atomic E-state index is 0.626. The van der Waals surface area contributed by atoms with E-state index in [0.717, 1.165) is 5.69 Å². The number of hydrazine groups is 1. The van der Waals surface area contributed by atoms with Gasteiger partial charge in [-0.15, -0.1) is 0 Å². The number of halogens is 1. The van der Waals surface area contributed by atoms with Crippen LogP contribution < -0.4 is 16.0 Å². The molecule has 0 aliphatic heterocycles. The Balaban J connectivity index is 3.06. The number of benzene rings is 1. The summed E-state index contributed by atoms with van der Waals surface area (Å²) >= 11 is 5.70. The summed E-state index contributed by atoms with van der Waals surface area (Å²) in [6, 6.07) is 5.18. The van der Waals surface area contributed by atoms with Gasteiger partial charge in [-0.25, -0.2) is 0 Å². The zero-order valence-electron chi connectivity index (χ0n) is 6.10. The highest BCUT2D eigenvalue weighted by molar-refractivity contribution is 6.30. The molecule has 11 heavy (non-hydrogen) atoms. The zero-order chi connectivity index (χ0) is 8.27. The van der Waals surface area contributed by atoms with E-state index in [2.05, 4.69) is 5.43 Å². The molecule has 3 nitrogen and oxygen atoms in total. The fraction of sp³-hybridized carbons (Fsp3) is 0.143. The number of ether oxygens (including phenoxy) is 1. The van der Waals surface area contributed by atoms with Crippen molar-refractivity contribution in [1.82, 2.24) is 0 Å². The van der Waals surface area contributed by atoms with Crippen molar-refractivity contribution in [3.8, 4) is 5.75 Å². The highest BCUT2D eigenvalue weighted by Crippen LogP contribution is 2.26. The van der Waals surface area contributed by atoms with E-state index in [1.165, 1.54) is 0 Å². The summed E-state index contributed by atoms with van der Waals surface area (Å²) in [5.74, 6) is 5.84. The maximum atomic E-state index is 5.70. The first-order valence-corrected chi connectivity index (χ1v) is 3.46. The molecule has 0 aromatic heterocycles. The number of nitrogens with two attached hydrogens (primary N) is 1. The molecule has 60 valence electrons. The van der Waals surface area contributed by atoms with E-state index in [1.54, 1.807) is 25.3 Å². The van der Waals surface area contributed by atoms with Gasteiger partial charge in [0.15, 0.2) is 0 Å². The third-order valence-corrected chi connectivity index (χ3v) is 1.55. The van der Waals surface area contributed by atoms with Gasteiger partial charge in [-0.2, -0.15) is 0 Å². The Hall–Kier alpha value is -0.930. The summed E-state index contributed by atoms with van der Waals surface area (Å²) < 4.78 is 4.99. The lowest BCUT2D eigenvalue weighted by Crippen LogP contribution is -2.07. The summed E-state index contributed by atoms with van der Waals surface area (Å²) in [5, 5.41) is 0.626. The highest BCUT2D eigenvalue weighted by atomic mass is 35.5. The first kappa shape index (κ1) is 8.17. The number of hydrogen-bond donors (Lipinski definition) is 2. The van der Waals surface area contributed by atoms with Crippen molar-refractivity contribution in [3.63, 3.8) is 0 Å². The van der Waals surface area contributed by atoms with Crippen molar-refractivity contribution in [3.05, 3.63) is 23.2 Å². The van der Waals surface area contributed by atoms with Gasteiger partial charge in [-0.3, -0.25) is 5.84 Å². The highest BCUT2D eigenvalue weighted by Gasteiger charge is 2.00. The van der Waals surface area contributed by atoms with Crippen molar-refractivity contribution in [2.45, 2.75) is 0 Å². The van der Waals surface area contributed by atoms with E-state index in [0.29, 0.717) is 10.8 Å². The Kier molecular flexibility index (Phi) is 2.57. The monoisotopic (exact) mass is 172 g/mol. The van der Waals surface area contributed by atoms with Crippen LogP contribution in [-0.2, 0) is 0 Å². The van der Waals surface area contributed by atoms with Crippen LogP contribution in [0.15, 0.2) is 18.2 Å². The molecular weight excluding hydrogens is 164 g/mol. The first-order valence-electron chi connectivity index (χ1n) is 3.08. The lowest BCUT2D eigenvalue weighted by Gasteiger charge is -2.06. The van der Waals surface area contributed by atoms with E-state index in [9.17, 15) is 0 Å². The largest absolute Gasteiger partial charge is 0.494 e. The van der Waals surface area contributed by atoms with Crippen LogP contribution in [-0.4, -0.2) is 7.11 Å². The fourth-order valence-corrected chi connectivity index (χ4v) is 0.946. The molecular formula is C7H9ClN2O. The Labute approximate surface area is 70.1 Å². The Morgan fingerprint density at radius 2 is 2.27 bits per heavy atom. The maximum Gasteiger partial charge on any atom is 0.144 e. The maximum absolute atomic E-state index is 5.70. The molecule has 1 aromatic carbocycles. The quantitative estimate of drug-likeness (QED) is 0.527. The number of rotatable bonds is 2. The SMILES string of the molecule is COc1cc(Cl)ccc1NN. The molecule has 0 atom stereocenters. The molecule has 0 saturated carbocycles. The van der Waals surface area contributed by atoms with Crippen LogP contribution in [0.25, 0.3) is 0 Å². The minimum Gasteiger partial charge on any atom is -0.494 e. The van der Waals surface area contributed by atoms with E-state index >= 15 is 0 Å². The third-order valence-electron chi connectivity index (χ3n) is 1.32. The van der Waals surface area contributed by atoms with Crippen molar-refractivity contribution < 1.29 is 4.74 Å². The van der Waals surface area contributed by atoms with Crippen LogP contribution in [0.5, 0.6) is 5.75 Å². The van der Waals surface area contributed by atoms with Crippen molar-refractivity contribution in [2.24, 2.45) is 5.84 Å². The van der Waals surface area contributed by atoms with Crippen LogP contribution in [0.4, 0.5) is 5.69 Å². The second-order valence-corrected chi connectivity index (χ2v) is 2.43. The van der Waals surface area contributed by atoms with Crippen LogP contribution in [0, 0.1) is 0 Å². The average molecular weight is 173 g/mol. The van der Waals surface area contributed by atoms with E-state index in [4.69, 9.17) is 22.2 Å². The smallest absolute Gasteiger partial charge is 0.144 e. The average Bonchev–Trinajstić information content (AvgIpc) is 2.04. The summed E-state index contributed by atoms with van der Waals surface area (Å²) in [6.45, 7) is 0. The van der Waals surface area contributed by atoms with Crippen molar-refractivity contribution in [1.29, 1.82) is 0 Å². The van der Waals surface area contributed by atoms with Gasteiger partial charge in [0.05, 0.1) is 12.8 Å². The Morgan fingerprint density at radius 1 is 1.55 bits per heavy atom. The summed E-state index contributed by atoms with van der Waals surface area (Å²) in [5.41, 5.74) is 3.21. The van der Waals surface area contributed by atoms with E-state index < -0.39 is 0 Å². The molecule has 0 bridgehead atoms. The van der Waals surface area contributed by atoms with Gasteiger partial charge in [-0.1, -0.05) is 11.6 Å². The number of methoxy groups -OCH3 is 1. The normalized spacial score (nSPS) is 9.36. The lowest BCUT2D eigenvalue weighted by molar-refractivity contribution is 0.416. The minimum atomic E-state index is 0.626. The number of nitrogen functional groups attached to an aromatic ring is 1. The molecule has 0 amide bonds. The zero-order valence-corrected chi connectivity index (χ0v) is 6.85. The van der Waals surface area contributed by atoms with Crippen molar-refractivity contribution >= 4 is 17.3 Å². The molecule has 0 aliphatic carbocycles. The number of hydrogen-bond acceptors (Lipinski definition) is 3. The molecule has 0 saturated heterocycles. The summed E-state index contributed by atoms with van der Waals surface area (Å²) in [6.07, 6.45) is 0. The molecule has 0 spiro atoms. The van der Waals surface area contributed by atoms with Gasteiger partial charge in [0.2, 0.25) is 0 Å². The first-order chi connectivity index (χ1) is 5.27. The van der Waals surface area contributed by atoms with Crippen molar-refractivity contribution in [2.75, 3.05) is 12.5 Å². The molecule has 0 aliphatic rings. The Morgan fingerprint density at radius 3 is 2.82 bits per heavy atom. The van der Waals surface area contributed by atoms with Gasteiger partial charge in [0.25, 0.3) is 0 Å². The topological polar surface area (TPSA) is 47.3 Å². The second-order valence-electron chi connectivity index (χ2n) is 1.99. The third kappa shape index (κ3) is 1.76. The van der Waals surface area contributed by atoms with Gasteiger partial charge >= 0.3 is 0 Å². The molecule has 3 N–H and O–H groups in total. The molecule has 1 aromatic rings. The van der Waals surface area contributed by atoms with E-state index in [-0.39, 0.29) is 0 Å². The summed E-state index contributed by atoms with van der Waals surface area (Å²) in [4.78, 5) is 0. The van der Waals surface area contributed by atoms with Gasteiger partial charge in [0.1, 0.15) is 5.75 Å². The number of anilines is 1. The number of nitrogens with one attached hydrogen (secondary N) is 1. The standard InChI is InChI=1S/C7H9ClN2O/c1-11-7-4-5(8)2-3-6(7)10-9/h2-4,10H,9H2,1H3. The van der Waals surface area contributed by atoms with Crippen LogP contribution in [0.3, 0.4) is 0 Å². The van der Waals surface area contributed by atoms with Gasteiger partial charge < -0.3 is 10.2 Å². The molecule has 4 heteroatoms. The predicted molar refractivity (Wildman–Crippen MR) is 45.8 cm³/mol. The Bertz CT molecular complexity index is 252. The fourth-order valence-electron chi connectivity index (χ4n) is 0.784. The molecule has 1 rings (SSSR count). The molecule has 0 heterocycles. The summed E-state index contributed by atoms with van der Waals surface area (Å²) in [7, 11) is 1.56. The second kappa shape index (κ2) is 3.46. The molecule has 0 unspecified atom stereocenters. The predicted octanol–water partition coefficient (Wildman–Crippen LogP) is 1.63. The van der Waals surface area contributed by atoms with Crippen LogP contribution in [0.2, 0.25) is 5.02 Å². The van der Waals surface area contributed by atoms with Gasteiger partial charge in [-0.05, 0) is 12.1 Å².